The Balaban J connectivity index is 3.73. The molecule has 1 nitrogen and oxygen atoms in total. The van der Waals surface area contributed by atoms with Crippen molar-refractivity contribution in [1.82, 2.24) is 0 Å². The van der Waals surface area contributed by atoms with Crippen LogP contribution in [0.25, 0.3) is 0 Å². The van der Waals surface area contributed by atoms with E-state index < -0.39 is 0 Å². The maximum atomic E-state index is 5.61. The Morgan fingerprint density at radius 1 is 1.00 bits per heavy atom. The van der Waals surface area contributed by atoms with Crippen molar-refractivity contribution in [2.24, 2.45) is 5.41 Å². The van der Waals surface area contributed by atoms with Crippen LogP contribution >= 0.6 is 0 Å². The molecule has 62 valence electrons. The van der Waals surface area contributed by atoms with Gasteiger partial charge in [0, 0.05) is 0 Å². The lowest BCUT2D eigenvalue weighted by molar-refractivity contribution is -0.0400. The monoisotopic (exact) mass is 144 g/mol. The van der Waals surface area contributed by atoms with Crippen LogP contribution in [-0.2, 0) is 4.74 Å². The van der Waals surface area contributed by atoms with Gasteiger partial charge in [-0.3, -0.25) is 0 Å². The quantitative estimate of drug-likeness (QED) is 0.579. The summed E-state index contributed by atoms with van der Waals surface area (Å²) in [6.07, 6.45) is 0.682. The molecule has 0 radical (unpaired) electrons. The summed E-state index contributed by atoms with van der Waals surface area (Å²) < 4.78 is 5.61. The summed E-state index contributed by atoms with van der Waals surface area (Å²) >= 11 is 0. The van der Waals surface area contributed by atoms with E-state index in [1.54, 1.807) is 0 Å². The van der Waals surface area contributed by atoms with Gasteiger partial charge in [0.05, 0.1) is 12.2 Å². The zero-order valence-electron chi connectivity index (χ0n) is 8.06. The minimum absolute atomic E-state index is 0.268. The van der Waals surface area contributed by atoms with Crippen LogP contribution in [0.1, 0.15) is 41.5 Å². The maximum Gasteiger partial charge on any atom is 0.0598 e. The zero-order chi connectivity index (χ0) is 8.36. The summed E-state index contributed by atoms with van der Waals surface area (Å²) in [6, 6.07) is 0. The van der Waals surface area contributed by atoms with Crippen LogP contribution in [0.15, 0.2) is 0 Å². The van der Waals surface area contributed by atoms with Gasteiger partial charge in [-0.15, -0.1) is 0 Å². The van der Waals surface area contributed by atoms with Crippen molar-refractivity contribution in [3.8, 4) is 0 Å². The smallest absolute Gasteiger partial charge is 0.0598 e. The molecule has 0 saturated carbocycles. The normalized spacial score (nSPS) is 15.9. The minimum Gasteiger partial charge on any atom is -0.375 e. The third-order valence-corrected chi connectivity index (χ3v) is 1.70. The Morgan fingerprint density at radius 3 is 1.50 bits per heavy atom. The van der Waals surface area contributed by atoms with E-state index in [-0.39, 0.29) is 5.41 Å². The molecule has 0 aliphatic heterocycles. The first-order chi connectivity index (χ1) is 4.34. The molecule has 0 fully saturated rings. The second-order valence-corrected chi connectivity index (χ2v) is 4.19. The summed E-state index contributed by atoms with van der Waals surface area (Å²) in [6.45, 7) is 12.9. The molecule has 0 N–H and O–H groups in total. The fraction of sp³-hybridized carbons (Fsp3) is 1.00. The fourth-order valence-electron chi connectivity index (χ4n) is 0.612. The molecule has 0 heterocycles. The number of rotatable bonds is 2. The second kappa shape index (κ2) is 3.38. The summed E-state index contributed by atoms with van der Waals surface area (Å²) in [5, 5.41) is 0. The van der Waals surface area contributed by atoms with Crippen molar-refractivity contribution in [2.75, 3.05) is 0 Å². The van der Waals surface area contributed by atoms with Crippen molar-refractivity contribution in [3.05, 3.63) is 0 Å². The van der Waals surface area contributed by atoms with Gasteiger partial charge in [-0.05, 0) is 26.2 Å². The lowest BCUT2D eigenvalue weighted by Crippen LogP contribution is -2.28. The van der Waals surface area contributed by atoms with Crippen molar-refractivity contribution in [3.63, 3.8) is 0 Å². The topological polar surface area (TPSA) is 9.23 Å². The molecule has 1 heteroatoms. The molecule has 0 amide bonds. The zero-order valence-corrected chi connectivity index (χ0v) is 8.06. The predicted molar refractivity (Wildman–Crippen MR) is 45.1 cm³/mol. The first-order valence-corrected chi connectivity index (χ1v) is 3.99. The third kappa shape index (κ3) is 3.89. The van der Waals surface area contributed by atoms with Crippen LogP contribution in [0.4, 0.5) is 0 Å². The largest absolute Gasteiger partial charge is 0.375 e. The number of hydrogen-bond donors (Lipinski definition) is 0. The van der Waals surface area contributed by atoms with Gasteiger partial charge in [0.15, 0.2) is 0 Å². The first kappa shape index (κ1) is 9.96. The van der Waals surface area contributed by atoms with Crippen LogP contribution in [0.3, 0.4) is 0 Å². The van der Waals surface area contributed by atoms with Gasteiger partial charge in [-0.1, -0.05) is 20.8 Å². The molecule has 0 aromatic carbocycles. The van der Waals surface area contributed by atoms with E-state index >= 15 is 0 Å². The first-order valence-electron chi connectivity index (χ1n) is 3.99. The SMILES string of the molecule is CC(C)OC(C)C(C)(C)C. The molecular formula is C9H20O. The van der Waals surface area contributed by atoms with Gasteiger partial charge in [0.2, 0.25) is 0 Å². The molecule has 0 aliphatic rings. The Morgan fingerprint density at radius 2 is 1.40 bits per heavy atom. The molecule has 0 spiro atoms. The number of hydrogen-bond acceptors (Lipinski definition) is 1. The summed E-state index contributed by atoms with van der Waals surface area (Å²) in [5.74, 6) is 0. The molecule has 0 aliphatic carbocycles. The van der Waals surface area contributed by atoms with Gasteiger partial charge in [-0.2, -0.15) is 0 Å². The van der Waals surface area contributed by atoms with Gasteiger partial charge in [0.1, 0.15) is 0 Å². The third-order valence-electron chi connectivity index (χ3n) is 1.70. The highest BCUT2D eigenvalue weighted by atomic mass is 16.5. The molecule has 10 heavy (non-hydrogen) atoms. The Kier molecular flexibility index (Phi) is 3.37. The van der Waals surface area contributed by atoms with Crippen LogP contribution in [0.2, 0.25) is 0 Å². The van der Waals surface area contributed by atoms with Gasteiger partial charge < -0.3 is 4.74 Å². The molecule has 1 atom stereocenters. The molecule has 0 saturated heterocycles. The lowest BCUT2D eigenvalue weighted by atomic mass is 9.90. The maximum absolute atomic E-state index is 5.61. The summed E-state index contributed by atoms with van der Waals surface area (Å²) in [5.41, 5.74) is 0.268. The lowest BCUT2D eigenvalue weighted by Gasteiger charge is -2.28. The highest BCUT2D eigenvalue weighted by molar-refractivity contribution is 4.70. The van der Waals surface area contributed by atoms with Crippen LogP contribution in [0.5, 0.6) is 0 Å². The molecule has 0 bridgehead atoms. The molecule has 1 unspecified atom stereocenters. The van der Waals surface area contributed by atoms with Crippen LogP contribution in [-0.4, -0.2) is 12.2 Å². The molecule has 0 rings (SSSR count). The highest BCUT2D eigenvalue weighted by Crippen LogP contribution is 2.22. The van der Waals surface area contributed by atoms with E-state index in [0.717, 1.165) is 0 Å². The fourth-order valence-corrected chi connectivity index (χ4v) is 0.612. The van der Waals surface area contributed by atoms with Crippen LogP contribution < -0.4 is 0 Å². The van der Waals surface area contributed by atoms with Gasteiger partial charge >= 0.3 is 0 Å². The summed E-state index contributed by atoms with van der Waals surface area (Å²) in [4.78, 5) is 0. The standard InChI is InChI=1S/C9H20O/c1-7(2)10-8(3)9(4,5)6/h7-8H,1-6H3. The molecule has 0 aromatic heterocycles. The van der Waals surface area contributed by atoms with E-state index in [1.165, 1.54) is 0 Å². The number of ether oxygens (including phenoxy) is 1. The van der Waals surface area contributed by atoms with E-state index in [9.17, 15) is 0 Å². The van der Waals surface area contributed by atoms with Crippen molar-refractivity contribution in [1.29, 1.82) is 0 Å². The highest BCUT2D eigenvalue weighted by Gasteiger charge is 2.20. The van der Waals surface area contributed by atoms with Crippen molar-refractivity contribution < 1.29 is 4.74 Å². The van der Waals surface area contributed by atoms with E-state index in [2.05, 4.69) is 41.5 Å². The van der Waals surface area contributed by atoms with Gasteiger partial charge in [-0.25, -0.2) is 0 Å². The van der Waals surface area contributed by atoms with Crippen molar-refractivity contribution in [2.45, 2.75) is 53.8 Å². The van der Waals surface area contributed by atoms with E-state index in [1.807, 2.05) is 0 Å². The van der Waals surface area contributed by atoms with E-state index in [0.29, 0.717) is 12.2 Å². The molecule has 0 aromatic rings. The van der Waals surface area contributed by atoms with Crippen molar-refractivity contribution >= 4 is 0 Å². The Hall–Kier alpha value is -0.0400. The molecular weight excluding hydrogens is 124 g/mol. The van der Waals surface area contributed by atoms with Gasteiger partial charge in [0.25, 0.3) is 0 Å². The second-order valence-electron chi connectivity index (χ2n) is 4.19. The Bertz CT molecular complexity index is 89.4. The predicted octanol–water partition coefficient (Wildman–Crippen LogP) is 2.85. The summed E-state index contributed by atoms with van der Waals surface area (Å²) in [7, 11) is 0. The van der Waals surface area contributed by atoms with Crippen LogP contribution in [0, 0.1) is 5.41 Å². The minimum atomic E-state index is 0.268. The van der Waals surface area contributed by atoms with E-state index in [4.69, 9.17) is 4.74 Å². The average Bonchev–Trinajstić information content (AvgIpc) is 1.60. The Labute approximate surface area is 64.8 Å². The average molecular weight is 144 g/mol.